The zero-order valence-electron chi connectivity index (χ0n) is 18.6. The highest BCUT2D eigenvalue weighted by Crippen LogP contribution is 2.51. The van der Waals surface area contributed by atoms with E-state index in [0.29, 0.717) is 37.0 Å². The Morgan fingerprint density at radius 1 is 1.00 bits per heavy atom. The number of para-hydroxylation sites is 2. The van der Waals surface area contributed by atoms with Crippen molar-refractivity contribution < 1.29 is 14.3 Å². The monoisotopic (exact) mass is 421 g/mol. The van der Waals surface area contributed by atoms with Crippen LogP contribution in [0.5, 0.6) is 17.2 Å². The number of carbonyl (C=O) groups is 1. The largest absolute Gasteiger partial charge is 0.453 e. The number of benzene rings is 2. The van der Waals surface area contributed by atoms with Crippen molar-refractivity contribution in [1.82, 2.24) is 9.80 Å². The lowest BCUT2D eigenvalue weighted by atomic mass is 9.94. The van der Waals surface area contributed by atoms with Crippen LogP contribution in [0.1, 0.15) is 39.5 Å². The summed E-state index contributed by atoms with van der Waals surface area (Å²) in [5.41, 5.74) is 2.17. The number of ether oxygens (including phenoxy) is 2. The normalized spacial score (nSPS) is 24.2. The molecule has 2 bridgehead atoms. The second-order valence-corrected chi connectivity index (χ2v) is 8.79. The molecule has 2 atom stereocenters. The molecule has 0 aliphatic carbocycles. The Hall–Kier alpha value is -2.73. The minimum atomic E-state index is -0.329. The smallest absolute Gasteiger partial charge is 0.415 e. The summed E-state index contributed by atoms with van der Waals surface area (Å²) in [6.45, 7) is 5.14. The maximum absolute atomic E-state index is 12.4. The van der Waals surface area contributed by atoms with Gasteiger partial charge in [0.05, 0.1) is 11.4 Å². The van der Waals surface area contributed by atoms with Crippen molar-refractivity contribution in [3.63, 3.8) is 0 Å². The number of rotatable bonds is 4. The Morgan fingerprint density at radius 3 is 2.39 bits per heavy atom. The number of anilines is 2. The van der Waals surface area contributed by atoms with Gasteiger partial charge >= 0.3 is 6.09 Å². The molecular formula is C25H31N3O3. The molecule has 0 radical (unpaired) electrons. The summed E-state index contributed by atoms with van der Waals surface area (Å²) in [4.78, 5) is 19.1. The number of carbonyl (C=O) groups excluding carboxylic acids is 1. The van der Waals surface area contributed by atoms with Crippen LogP contribution in [-0.4, -0.2) is 54.2 Å². The highest BCUT2D eigenvalue weighted by atomic mass is 16.6. The maximum Gasteiger partial charge on any atom is 0.415 e. The SMILES string of the molecule is CCN(CC)C(=O)Oc1ccc2c(c1)Oc1ccccc1N2C1CC2CCC(C1)N2C. The number of hydrogen-bond acceptors (Lipinski definition) is 5. The van der Waals surface area contributed by atoms with E-state index in [1.54, 1.807) is 4.90 Å². The van der Waals surface area contributed by atoms with E-state index in [1.807, 2.05) is 44.2 Å². The van der Waals surface area contributed by atoms with Crippen molar-refractivity contribution in [2.45, 2.75) is 57.7 Å². The van der Waals surface area contributed by atoms with Gasteiger partial charge < -0.3 is 24.2 Å². The molecule has 2 aromatic rings. The van der Waals surface area contributed by atoms with Gasteiger partial charge in [-0.3, -0.25) is 0 Å². The van der Waals surface area contributed by atoms with E-state index in [-0.39, 0.29) is 6.09 Å². The van der Waals surface area contributed by atoms with Gasteiger partial charge in [-0.1, -0.05) is 12.1 Å². The van der Waals surface area contributed by atoms with Gasteiger partial charge in [0.15, 0.2) is 11.5 Å². The maximum atomic E-state index is 12.4. The highest BCUT2D eigenvalue weighted by Gasteiger charge is 2.42. The summed E-state index contributed by atoms with van der Waals surface area (Å²) < 4.78 is 11.9. The fourth-order valence-electron chi connectivity index (χ4n) is 5.46. The molecule has 164 valence electrons. The second-order valence-electron chi connectivity index (χ2n) is 8.79. The Labute approximate surface area is 184 Å². The van der Waals surface area contributed by atoms with Crippen LogP contribution in [0.4, 0.5) is 16.2 Å². The van der Waals surface area contributed by atoms with E-state index in [0.717, 1.165) is 35.7 Å². The van der Waals surface area contributed by atoms with E-state index in [1.165, 1.54) is 12.8 Å². The molecule has 31 heavy (non-hydrogen) atoms. The molecule has 1 amide bonds. The number of nitrogens with zero attached hydrogens (tertiary/aromatic N) is 3. The minimum absolute atomic E-state index is 0.329. The minimum Gasteiger partial charge on any atom is -0.453 e. The Balaban J connectivity index is 1.47. The molecule has 2 saturated heterocycles. The summed E-state index contributed by atoms with van der Waals surface area (Å²) >= 11 is 0. The fraction of sp³-hybridized carbons (Fsp3) is 0.480. The average Bonchev–Trinajstić information content (AvgIpc) is 2.98. The fourth-order valence-corrected chi connectivity index (χ4v) is 5.46. The lowest BCUT2D eigenvalue weighted by molar-refractivity contribution is 0.157. The van der Waals surface area contributed by atoms with Crippen molar-refractivity contribution in [3.8, 4) is 17.2 Å². The Morgan fingerprint density at radius 2 is 1.68 bits per heavy atom. The number of amides is 1. The highest BCUT2D eigenvalue weighted by molar-refractivity contribution is 5.80. The van der Waals surface area contributed by atoms with Crippen molar-refractivity contribution >= 4 is 17.5 Å². The molecule has 6 heteroatoms. The van der Waals surface area contributed by atoms with Crippen molar-refractivity contribution in [1.29, 1.82) is 0 Å². The van der Waals surface area contributed by atoms with Gasteiger partial charge in [-0.15, -0.1) is 0 Å². The van der Waals surface area contributed by atoms with Gasteiger partial charge in [-0.05, 0) is 70.8 Å². The van der Waals surface area contributed by atoms with Crippen LogP contribution in [0.3, 0.4) is 0 Å². The first-order valence-electron chi connectivity index (χ1n) is 11.5. The van der Waals surface area contributed by atoms with Crippen molar-refractivity contribution in [2.24, 2.45) is 0 Å². The zero-order chi connectivity index (χ0) is 21.5. The first-order chi connectivity index (χ1) is 15.1. The Bertz CT molecular complexity index is 960. The van der Waals surface area contributed by atoms with Crippen LogP contribution in [0.25, 0.3) is 0 Å². The quantitative estimate of drug-likeness (QED) is 0.662. The summed E-state index contributed by atoms with van der Waals surface area (Å²) in [5.74, 6) is 2.11. The van der Waals surface area contributed by atoms with E-state index in [9.17, 15) is 4.79 Å². The zero-order valence-corrected chi connectivity index (χ0v) is 18.6. The third-order valence-corrected chi connectivity index (χ3v) is 7.20. The molecule has 3 aliphatic rings. The van der Waals surface area contributed by atoms with Gasteiger partial charge in [0.25, 0.3) is 0 Å². The lowest BCUT2D eigenvalue weighted by Crippen LogP contribution is -2.48. The molecule has 0 saturated carbocycles. The third-order valence-electron chi connectivity index (χ3n) is 7.20. The van der Waals surface area contributed by atoms with Crippen LogP contribution >= 0.6 is 0 Å². The Kier molecular flexibility index (Phi) is 5.26. The topological polar surface area (TPSA) is 45.3 Å². The van der Waals surface area contributed by atoms with Gasteiger partial charge in [0.2, 0.25) is 0 Å². The number of fused-ring (bicyclic) bond motifs is 4. The predicted octanol–water partition coefficient (Wildman–Crippen LogP) is 5.40. The van der Waals surface area contributed by atoms with Gasteiger partial charge in [-0.2, -0.15) is 0 Å². The molecule has 0 aromatic heterocycles. The summed E-state index contributed by atoms with van der Waals surface area (Å²) in [7, 11) is 2.27. The predicted molar refractivity (Wildman–Crippen MR) is 122 cm³/mol. The van der Waals surface area contributed by atoms with Crippen LogP contribution in [0.2, 0.25) is 0 Å². The molecule has 3 heterocycles. The molecule has 5 rings (SSSR count). The standard InChI is InChI=1S/C25H31N3O3/c1-4-27(5-2)25(29)30-20-12-13-22-24(16-20)31-23-9-7-6-8-21(23)28(22)19-14-17-10-11-18(15-19)26(17)3/h6-9,12-13,16-19H,4-5,10-11,14-15H2,1-3H3. The van der Waals surface area contributed by atoms with Gasteiger partial charge in [0, 0.05) is 37.3 Å². The van der Waals surface area contributed by atoms with Crippen LogP contribution in [0.15, 0.2) is 42.5 Å². The third kappa shape index (κ3) is 3.53. The number of piperidine rings is 1. The number of hydrogen-bond donors (Lipinski definition) is 0. The summed E-state index contributed by atoms with van der Waals surface area (Å²) in [6, 6.07) is 15.7. The molecule has 2 fully saturated rings. The molecule has 0 spiro atoms. The molecule has 3 aliphatic heterocycles. The molecule has 2 unspecified atom stereocenters. The van der Waals surface area contributed by atoms with E-state index in [2.05, 4.69) is 29.0 Å². The first-order valence-corrected chi connectivity index (χ1v) is 11.5. The molecular weight excluding hydrogens is 390 g/mol. The molecule has 2 aromatic carbocycles. The van der Waals surface area contributed by atoms with Crippen molar-refractivity contribution in [2.75, 3.05) is 25.0 Å². The van der Waals surface area contributed by atoms with Crippen LogP contribution in [0, 0.1) is 0 Å². The van der Waals surface area contributed by atoms with Gasteiger partial charge in [-0.25, -0.2) is 4.79 Å². The van der Waals surface area contributed by atoms with Gasteiger partial charge in [0.1, 0.15) is 5.75 Å². The molecule has 0 N–H and O–H groups in total. The summed E-state index contributed by atoms with van der Waals surface area (Å²) in [6.07, 6.45) is 4.55. The first kappa shape index (κ1) is 20.2. The summed E-state index contributed by atoms with van der Waals surface area (Å²) in [5, 5.41) is 0. The van der Waals surface area contributed by atoms with Crippen LogP contribution in [-0.2, 0) is 0 Å². The van der Waals surface area contributed by atoms with Crippen molar-refractivity contribution in [3.05, 3.63) is 42.5 Å². The van der Waals surface area contributed by atoms with E-state index >= 15 is 0 Å². The lowest BCUT2D eigenvalue weighted by Gasteiger charge is -2.44. The second kappa shape index (κ2) is 8.08. The average molecular weight is 422 g/mol. The molecule has 6 nitrogen and oxygen atoms in total. The van der Waals surface area contributed by atoms with E-state index in [4.69, 9.17) is 9.47 Å². The van der Waals surface area contributed by atoms with E-state index < -0.39 is 0 Å². The van der Waals surface area contributed by atoms with Crippen LogP contribution < -0.4 is 14.4 Å².